The van der Waals surface area contributed by atoms with Gasteiger partial charge in [-0.25, -0.2) is 9.37 Å². The summed E-state index contributed by atoms with van der Waals surface area (Å²) in [5.41, 5.74) is 5.92. The number of nitrogens with zero attached hydrogens (tertiary/aromatic N) is 3. The fourth-order valence-electron chi connectivity index (χ4n) is 4.86. The van der Waals surface area contributed by atoms with Crippen LogP contribution in [-0.2, 0) is 11.3 Å². The number of aryl methyl sites for hydroxylation is 2. The molecule has 5 rings (SSSR count). The van der Waals surface area contributed by atoms with Gasteiger partial charge in [0.05, 0.1) is 23.5 Å². The van der Waals surface area contributed by atoms with E-state index >= 15 is 0 Å². The highest BCUT2D eigenvalue weighted by Crippen LogP contribution is 2.26. The van der Waals surface area contributed by atoms with Gasteiger partial charge in [0, 0.05) is 17.9 Å². The predicted octanol–water partition coefficient (Wildman–Crippen LogP) is 5.63. The second-order valence-corrected chi connectivity index (χ2v) is 9.21. The Morgan fingerprint density at radius 3 is 2.68 bits per heavy atom. The number of imidazole rings is 1. The summed E-state index contributed by atoms with van der Waals surface area (Å²) in [5.74, 6) is 0.633. The molecule has 0 bridgehead atoms. The molecule has 0 aliphatic carbocycles. The van der Waals surface area contributed by atoms with Crippen LogP contribution in [-0.4, -0.2) is 33.4 Å². The predicted molar refractivity (Wildman–Crippen MR) is 134 cm³/mol. The molecule has 0 unspecified atom stereocenters. The number of likely N-dealkylation sites (tertiary alicyclic amines) is 1. The molecular weight excluding hydrogens is 427 g/mol. The standard InChI is InChI=1S/C28H29FN4O/c1-19-9-14-24(20(2)16-19)31-28(34)21-6-5-15-32(17-21)18-27-30-25-7-3-4-8-26(25)33(27)23-12-10-22(29)11-13-23/h3-4,7-14,16,21H,5-6,15,17-18H2,1-2H3,(H,31,34)/t21-/m1/s1. The number of hydrogen-bond acceptors (Lipinski definition) is 3. The van der Waals surface area contributed by atoms with Gasteiger partial charge in [-0.1, -0.05) is 29.8 Å². The topological polar surface area (TPSA) is 50.2 Å². The average molecular weight is 457 g/mol. The van der Waals surface area contributed by atoms with Gasteiger partial charge in [-0.15, -0.1) is 0 Å². The van der Waals surface area contributed by atoms with Crippen LogP contribution < -0.4 is 5.32 Å². The van der Waals surface area contributed by atoms with Gasteiger partial charge in [0.2, 0.25) is 5.91 Å². The third kappa shape index (κ3) is 4.59. The zero-order valence-corrected chi connectivity index (χ0v) is 19.6. The van der Waals surface area contributed by atoms with Crippen LogP contribution in [0.3, 0.4) is 0 Å². The van der Waals surface area contributed by atoms with Crippen LogP contribution in [0.1, 0.15) is 29.8 Å². The lowest BCUT2D eigenvalue weighted by Gasteiger charge is -2.32. The second kappa shape index (κ2) is 9.39. The van der Waals surface area contributed by atoms with Crippen LogP contribution in [0.2, 0.25) is 0 Å². The number of rotatable bonds is 5. The molecular formula is C28H29FN4O. The Labute approximate surface area is 199 Å². The van der Waals surface area contributed by atoms with Crippen LogP contribution in [0.15, 0.2) is 66.7 Å². The van der Waals surface area contributed by atoms with Gasteiger partial charge in [-0.05, 0) is 81.3 Å². The molecule has 1 N–H and O–H groups in total. The van der Waals surface area contributed by atoms with E-state index in [2.05, 4.69) is 27.8 Å². The molecule has 174 valence electrons. The lowest BCUT2D eigenvalue weighted by molar-refractivity contribution is -0.121. The molecule has 1 amide bonds. The minimum Gasteiger partial charge on any atom is -0.326 e. The van der Waals surface area contributed by atoms with Crippen molar-refractivity contribution in [3.05, 3.63) is 89.5 Å². The summed E-state index contributed by atoms with van der Waals surface area (Å²) in [6.07, 6.45) is 1.84. The zero-order valence-electron chi connectivity index (χ0n) is 19.6. The number of fused-ring (bicyclic) bond motifs is 1. The molecule has 0 spiro atoms. The van der Waals surface area contributed by atoms with Gasteiger partial charge in [-0.2, -0.15) is 0 Å². The van der Waals surface area contributed by atoms with Crippen LogP contribution in [0.25, 0.3) is 16.7 Å². The first kappa shape index (κ1) is 22.3. The van der Waals surface area contributed by atoms with Gasteiger partial charge >= 0.3 is 0 Å². The summed E-state index contributed by atoms with van der Waals surface area (Å²) in [5, 5.41) is 3.13. The molecule has 3 aromatic carbocycles. The third-order valence-corrected chi connectivity index (χ3v) is 6.60. The maximum Gasteiger partial charge on any atom is 0.228 e. The lowest BCUT2D eigenvalue weighted by atomic mass is 9.96. The molecule has 0 radical (unpaired) electrons. The first-order chi connectivity index (χ1) is 16.5. The summed E-state index contributed by atoms with van der Waals surface area (Å²) >= 11 is 0. The summed E-state index contributed by atoms with van der Waals surface area (Å²) < 4.78 is 15.7. The van der Waals surface area contributed by atoms with E-state index in [1.165, 1.54) is 17.7 Å². The van der Waals surface area contributed by atoms with Crippen LogP contribution in [0.4, 0.5) is 10.1 Å². The molecule has 2 heterocycles. The average Bonchev–Trinajstić information content (AvgIpc) is 3.19. The van der Waals surface area contributed by atoms with Crippen molar-refractivity contribution in [2.24, 2.45) is 5.92 Å². The minimum absolute atomic E-state index is 0.0712. The number of halogens is 1. The number of hydrogen-bond donors (Lipinski definition) is 1. The molecule has 1 atom stereocenters. The zero-order chi connectivity index (χ0) is 23.7. The summed E-state index contributed by atoms with van der Waals surface area (Å²) in [7, 11) is 0. The number of piperidine rings is 1. The number of para-hydroxylation sites is 2. The maximum atomic E-state index is 13.6. The molecule has 1 saturated heterocycles. The Kier molecular flexibility index (Phi) is 6.16. The Balaban J connectivity index is 1.36. The van der Waals surface area contributed by atoms with E-state index in [1.807, 2.05) is 43.3 Å². The number of anilines is 1. The van der Waals surface area contributed by atoms with Crippen molar-refractivity contribution >= 4 is 22.6 Å². The quantitative estimate of drug-likeness (QED) is 0.423. The molecule has 1 aliphatic heterocycles. The Morgan fingerprint density at radius 1 is 1.09 bits per heavy atom. The van der Waals surface area contributed by atoms with Gasteiger partial charge in [-0.3, -0.25) is 14.3 Å². The van der Waals surface area contributed by atoms with Crippen molar-refractivity contribution in [3.8, 4) is 5.69 Å². The van der Waals surface area contributed by atoms with E-state index in [0.29, 0.717) is 13.1 Å². The van der Waals surface area contributed by atoms with E-state index in [-0.39, 0.29) is 17.6 Å². The van der Waals surface area contributed by atoms with E-state index in [4.69, 9.17) is 4.98 Å². The molecule has 6 heteroatoms. The highest BCUT2D eigenvalue weighted by atomic mass is 19.1. The summed E-state index contributed by atoms with van der Waals surface area (Å²) in [4.78, 5) is 20.3. The Bertz CT molecular complexity index is 1330. The normalized spacial score (nSPS) is 16.6. The van der Waals surface area contributed by atoms with E-state index in [9.17, 15) is 9.18 Å². The minimum atomic E-state index is -0.261. The molecule has 5 nitrogen and oxygen atoms in total. The molecule has 0 saturated carbocycles. The first-order valence-electron chi connectivity index (χ1n) is 11.8. The van der Waals surface area contributed by atoms with Crippen molar-refractivity contribution in [2.75, 3.05) is 18.4 Å². The largest absolute Gasteiger partial charge is 0.326 e. The van der Waals surface area contributed by atoms with Crippen molar-refractivity contribution < 1.29 is 9.18 Å². The van der Waals surface area contributed by atoms with Crippen molar-refractivity contribution in [2.45, 2.75) is 33.2 Å². The fraction of sp³-hybridized carbons (Fsp3) is 0.286. The Hall–Kier alpha value is -3.51. The lowest BCUT2D eigenvalue weighted by Crippen LogP contribution is -2.40. The van der Waals surface area contributed by atoms with E-state index in [1.54, 1.807) is 12.1 Å². The number of carbonyl (C=O) groups is 1. The summed E-state index contributed by atoms with van der Waals surface area (Å²) in [6.45, 7) is 6.30. The van der Waals surface area contributed by atoms with E-state index in [0.717, 1.165) is 53.2 Å². The fourth-order valence-corrected chi connectivity index (χ4v) is 4.86. The molecule has 1 fully saturated rings. The summed E-state index contributed by atoms with van der Waals surface area (Å²) in [6, 6.07) is 20.6. The Morgan fingerprint density at radius 2 is 1.88 bits per heavy atom. The van der Waals surface area contributed by atoms with Gasteiger partial charge in [0.15, 0.2) is 0 Å². The van der Waals surface area contributed by atoms with Gasteiger partial charge in [0.1, 0.15) is 11.6 Å². The monoisotopic (exact) mass is 456 g/mol. The number of nitrogens with one attached hydrogen (secondary N) is 1. The van der Waals surface area contributed by atoms with Crippen LogP contribution in [0, 0.1) is 25.6 Å². The number of benzene rings is 3. The SMILES string of the molecule is Cc1ccc(NC(=O)[C@@H]2CCCN(Cc3nc4ccccc4n3-c3ccc(F)cc3)C2)c(C)c1. The van der Waals surface area contributed by atoms with Crippen LogP contribution in [0.5, 0.6) is 0 Å². The molecule has 34 heavy (non-hydrogen) atoms. The molecule has 1 aromatic heterocycles. The smallest absolute Gasteiger partial charge is 0.228 e. The molecule has 1 aliphatic rings. The van der Waals surface area contributed by atoms with Gasteiger partial charge in [0.25, 0.3) is 0 Å². The van der Waals surface area contributed by atoms with Crippen molar-refractivity contribution in [1.29, 1.82) is 0 Å². The number of aromatic nitrogens is 2. The maximum absolute atomic E-state index is 13.6. The highest BCUT2D eigenvalue weighted by Gasteiger charge is 2.27. The van der Waals surface area contributed by atoms with Crippen LogP contribution >= 0.6 is 0 Å². The third-order valence-electron chi connectivity index (χ3n) is 6.60. The second-order valence-electron chi connectivity index (χ2n) is 9.21. The molecule has 4 aromatic rings. The number of carbonyl (C=O) groups excluding carboxylic acids is 1. The van der Waals surface area contributed by atoms with E-state index < -0.39 is 0 Å². The van der Waals surface area contributed by atoms with Crippen molar-refractivity contribution in [3.63, 3.8) is 0 Å². The van der Waals surface area contributed by atoms with Gasteiger partial charge < -0.3 is 5.32 Å². The number of amides is 1. The highest BCUT2D eigenvalue weighted by molar-refractivity contribution is 5.93. The van der Waals surface area contributed by atoms with Crippen molar-refractivity contribution in [1.82, 2.24) is 14.5 Å². The first-order valence-corrected chi connectivity index (χ1v) is 11.8.